The van der Waals surface area contributed by atoms with Crippen molar-refractivity contribution >= 4 is 5.97 Å². The summed E-state index contributed by atoms with van der Waals surface area (Å²) in [6, 6.07) is 0.199. The molecule has 120 valence electrons. The molecule has 1 N–H and O–H groups in total. The van der Waals surface area contributed by atoms with Crippen molar-refractivity contribution < 1.29 is 14.3 Å². The van der Waals surface area contributed by atoms with Crippen LogP contribution >= 0.6 is 0 Å². The maximum absolute atomic E-state index is 11.9. The van der Waals surface area contributed by atoms with Crippen molar-refractivity contribution in [2.75, 3.05) is 20.3 Å². The number of carbonyl (C=O) groups excluding carboxylic acids is 1. The first-order chi connectivity index (χ1) is 9.39. The van der Waals surface area contributed by atoms with Crippen LogP contribution in [0.25, 0.3) is 0 Å². The molecule has 0 heterocycles. The second kappa shape index (κ2) is 10.2. The van der Waals surface area contributed by atoms with E-state index in [1.807, 2.05) is 20.8 Å². The molecule has 2 atom stereocenters. The first-order valence-electron chi connectivity index (χ1n) is 7.83. The van der Waals surface area contributed by atoms with E-state index in [4.69, 9.17) is 9.47 Å². The topological polar surface area (TPSA) is 47.6 Å². The highest BCUT2D eigenvalue weighted by Gasteiger charge is 2.35. The Balaban J connectivity index is 4.35. The van der Waals surface area contributed by atoms with Crippen molar-refractivity contribution in [2.24, 2.45) is 5.92 Å². The molecule has 0 bridgehead atoms. The van der Waals surface area contributed by atoms with Gasteiger partial charge in [-0.05, 0) is 33.1 Å². The highest BCUT2D eigenvalue weighted by Crippen LogP contribution is 2.15. The molecule has 4 heteroatoms. The van der Waals surface area contributed by atoms with Crippen molar-refractivity contribution in [2.45, 2.75) is 71.9 Å². The average Bonchev–Trinajstić information content (AvgIpc) is 2.40. The lowest BCUT2D eigenvalue weighted by atomic mass is 10.00. The van der Waals surface area contributed by atoms with Gasteiger partial charge in [-0.15, -0.1) is 0 Å². The molecule has 0 aromatic carbocycles. The van der Waals surface area contributed by atoms with E-state index in [0.29, 0.717) is 19.1 Å². The minimum Gasteiger partial charge on any atom is -0.468 e. The van der Waals surface area contributed by atoms with E-state index in [2.05, 4.69) is 19.2 Å². The molecule has 0 rings (SSSR count). The Labute approximate surface area is 124 Å². The third kappa shape index (κ3) is 7.25. The first kappa shape index (κ1) is 19.4. The number of unbranched alkanes of at least 4 members (excludes halogenated alkanes) is 1. The zero-order chi connectivity index (χ0) is 15.6. The molecule has 0 saturated heterocycles. The molecule has 0 fully saturated rings. The molecule has 20 heavy (non-hydrogen) atoms. The third-order valence-electron chi connectivity index (χ3n) is 3.53. The lowest BCUT2D eigenvalue weighted by Gasteiger charge is -2.30. The van der Waals surface area contributed by atoms with Gasteiger partial charge in [0.25, 0.3) is 0 Å². The van der Waals surface area contributed by atoms with Gasteiger partial charge < -0.3 is 9.47 Å². The smallest absolute Gasteiger partial charge is 0.328 e. The SMILES string of the molecule is CCCCC(CC)COCC(C)(NC(C)C)C(=O)OC. The Morgan fingerprint density at radius 1 is 1.30 bits per heavy atom. The van der Waals surface area contributed by atoms with E-state index in [0.717, 1.165) is 6.42 Å². The van der Waals surface area contributed by atoms with Crippen LogP contribution in [0.5, 0.6) is 0 Å². The number of hydrogen-bond acceptors (Lipinski definition) is 4. The fourth-order valence-corrected chi connectivity index (χ4v) is 2.35. The number of carbonyl (C=O) groups is 1. The summed E-state index contributed by atoms with van der Waals surface area (Å²) in [6.45, 7) is 11.3. The predicted molar refractivity (Wildman–Crippen MR) is 82.8 cm³/mol. The molecule has 0 aliphatic heterocycles. The Kier molecular flexibility index (Phi) is 9.86. The molecular weight excluding hydrogens is 254 g/mol. The van der Waals surface area contributed by atoms with E-state index in [-0.39, 0.29) is 12.0 Å². The Hall–Kier alpha value is -0.610. The summed E-state index contributed by atoms with van der Waals surface area (Å²) >= 11 is 0. The van der Waals surface area contributed by atoms with Gasteiger partial charge in [-0.3, -0.25) is 5.32 Å². The van der Waals surface area contributed by atoms with Crippen LogP contribution in [0, 0.1) is 5.92 Å². The maximum Gasteiger partial charge on any atom is 0.328 e. The molecule has 4 nitrogen and oxygen atoms in total. The largest absolute Gasteiger partial charge is 0.468 e. The quantitative estimate of drug-likeness (QED) is 0.593. The van der Waals surface area contributed by atoms with Gasteiger partial charge >= 0.3 is 5.97 Å². The lowest BCUT2D eigenvalue weighted by molar-refractivity contribution is -0.151. The lowest BCUT2D eigenvalue weighted by Crippen LogP contribution is -2.56. The highest BCUT2D eigenvalue weighted by molar-refractivity contribution is 5.80. The van der Waals surface area contributed by atoms with Gasteiger partial charge in [-0.2, -0.15) is 0 Å². The van der Waals surface area contributed by atoms with Crippen molar-refractivity contribution in [3.05, 3.63) is 0 Å². The zero-order valence-corrected chi connectivity index (χ0v) is 14.1. The van der Waals surface area contributed by atoms with E-state index in [1.54, 1.807) is 0 Å². The fourth-order valence-electron chi connectivity index (χ4n) is 2.35. The van der Waals surface area contributed by atoms with Gasteiger partial charge in [-0.1, -0.05) is 33.1 Å². The van der Waals surface area contributed by atoms with Gasteiger partial charge in [0.05, 0.1) is 13.7 Å². The van der Waals surface area contributed by atoms with Gasteiger partial charge in [0, 0.05) is 12.6 Å². The standard InChI is InChI=1S/C16H33NO3/c1-7-9-10-14(8-2)11-20-12-16(5,15(18)19-6)17-13(3)4/h13-14,17H,7-12H2,1-6H3. The van der Waals surface area contributed by atoms with Crippen LogP contribution in [0.4, 0.5) is 0 Å². The predicted octanol–water partition coefficient (Wildman–Crippen LogP) is 3.15. The molecule has 0 aliphatic carbocycles. The van der Waals surface area contributed by atoms with Crippen molar-refractivity contribution in [3.63, 3.8) is 0 Å². The van der Waals surface area contributed by atoms with Gasteiger partial charge in [0.1, 0.15) is 5.54 Å². The summed E-state index contributed by atoms with van der Waals surface area (Å²) in [4.78, 5) is 11.9. The first-order valence-corrected chi connectivity index (χ1v) is 7.83. The summed E-state index contributed by atoms with van der Waals surface area (Å²) in [5.41, 5.74) is -0.772. The summed E-state index contributed by atoms with van der Waals surface area (Å²) in [5.74, 6) is 0.309. The Morgan fingerprint density at radius 2 is 1.95 bits per heavy atom. The van der Waals surface area contributed by atoms with Crippen LogP contribution in [0.3, 0.4) is 0 Å². The monoisotopic (exact) mass is 287 g/mol. The van der Waals surface area contributed by atoms with Crippen LogP contribution in [-0.4, -0.2) is 37.9 Å². The van der Waals surface area contributed by atoms with Gasteiger partial charge in [-0.25, -0.2) is 4.79 Å². The number of esters is 1. The molecule has 0 aromatic heterocycles. The van der Waals surface area contributed by atoms with E-state index in [1.165, 1.54) is 26.4 Å². The minimum absolute atomic E-state index is 0.199. The molecule has 0 spiro atoms. The molecule has 0 aliphatic rings. The fraction of sp³-hybridized carbons (Fsp3) is 0.938. The normalized spacial score (nSPS) is 15.9. The molecular formula is C16H33NO3. The maximum atomic E-state index is 11.9. The Bertz CT molecular complexity index is 268. The minimum atomic E-state index is -0.772. The third-order valence-corrected chi connectivity index (χ3v) is 3.53. The zero-order valence-electron chi connectivity index (χ0n) is 14.1. The number of hydrogen-bond donors (Lipinski definition) is 1. The molecule has 0 aromatic rings. The van der Waals surface area contributed by atoms with Crippen molar-refractivity contribution in [1.82, 2.24) is 5.32 Å². The molecule has 0 saturated carbocycles. The number of rotatable bonds is 11. The van der Waals surface area contributed by atoms with Crippen LogP contribution in [-0.2, 0) is 14.3 Å². The van der Waals surface area contributed by atoms with E-state index < -0.39 is 5.54 Å². The van der Waals surface area contributed by atoms with Gasteiger partial charge in [0.2, 0.25) is 0 Å². The van der Waals surface area contributed by atoms with E-state index in [9.17, 15) is 4.79 Å². The molecule has 0 radical (unpaired) electrons. The summed E-state index contributed by atoms with van der Waals surface area (Å²) in [5, 5.41) is 3.24. The van der Waals surface area contributed by atoms with Crippen LogP contribution in [0.15, 0.2) is 0 Å². The van der Waals surface area contributed by atoms with Gasteiger partial charge in [0.15, 0.2) is 0 Å². The Morgan fingerprint density at radius 3 is 2.40 bits per heavy atom. The number of methoxy groups -OCH3 is 1. The van der Waals surface area contributed by atoms with E-state index >= 15 is 0 Å². The second-order valence-electron chi connectivity index (χ2n) is 6.05. The number of ether oxygens (including phenoxy) is 2. The molecule has 0 amide bonds. The highest BCUT2D eigenvalue weighted by atomic mass is 16.5. The van der Waals surface area contributed by atoms with Crippen molar-refractivity contribution in [3.8, 4) is 0 Å². The second-order valence-corrected chi connectivity index (χ2v) is 6.05. The summed E-state index contributed by atoms with van der Waals surface area (Å²) in [6.07, 6.45) is 4.76. The number of nitrogens with one attached hydrogen (secondary N) is 1. The molecule has 2 unspecified atom stereocenters. The average molecular weight is 287 g/mol. The van der Waals surface area contributed by atoms with Crippen LogP contribution in [0.1, 0.15) is 60.3 Å². The van der Waals surface area contributed by atoms with Crippen LogP contribution < -0.4 is 5.32 Å². The van der Waals surface area contributed by atoms with Crippen molar-refractivity contribution in [1.29, 1.82) is 0 Å². The van der Waals surface area contributed by atoms with Crippen LogP contribution in [0.2, 0.25) is 0 Å². The summed E-state index contributed by atoms with van der Waals surface area (Å²) in [7, 11) is 1.42. The summed E-state index contributed by atoms with van der Waals surface area (Å²) < 4.78 is 10.7.